The number of rotatable bonds is 4. The largest absolute Gasteiger partial charge is 0.351 e. The summed E-state index contributed by atoms with van der Waals surface area (Å²) in [4.78, 5) is 8.77. The Kier molecular flexibility index (Phi) is 4.97. The highest BCUT2D eigenvalue weighted by Crippen LogP contribution is 2.16. The molecule has 0 saturated heterocycles. The Labute approximate surface area is 146 Å². The third-order valence-corrected chi connectivity index (χ3v) is 4.12. The highest BCUT2D eigenvalue weighted by atomic mass is 19.1. The molecule has 1 unspecified atom stereocenters. The number of nitrogens with one attached hydrogen (secondary N) is 2. The van der Waals surface area contributed by atoms with Crippen LogP contribution in [0.1, 0.15) is 29.8 Å². The number of hydrogen-bond donors (Lipinski definition) is 2. The van der Waals surface area contributed by atoms with Crippen molar-refractivity contribution < 1.29 is 4.39 Å². The minimum absolute atomic E-state index is 0.0673. The number of imidazole rings is 1. The van der Waals surface area contributed by atoms with Crippen LogP contribution in [0.3, 0.4) is 0 Å². The number of aryl methyl sites for hydroxylation is 1. The fourth-order valence-electron chi connectivity index (χ4n) is 2.61. The molecule has 0 aliphatic carbocycles. The molecule has 0 aliphatic rings. The van der Waals surface area contributed by atoms with Gasteiger partial charge in [-0.05, 0) is 43.2 Å². The predicted molar refractivity (Wildman–Crippen MR) is 98.1 cm³/mol. The van der Waals surface area contributed by atoms with Crippen molar-refractivity contribution in [3.05, 3.63) is 71.4 Å². The van der Waals surface area contributed by atoms with Crippen LogP contribution < -0.4 is 10.6 Å². The van der Waals surface area contributed by atoms with Gasteiger partial charge in [0.15, 0.2) is 5.96 Å². The fraction of sp³-hybridized carbons (Fsp3) is 0.263. The second-order valence-electron chi connectivity index (χ2n) is 6.00. The molecule has 0 fully saturated rings. The third kappa shape index (κ3) is 3.96. The molecule has 3 aromatic rings. The minimum Gasteiger partial charge on any atom is -0.351 e. The summed E-state index contributed by atoms with van der Waals surface area (Å²) in [6.45, 7) is 4.28. The van der Waals surface area contributed by atoms with E-state index in [4.69, 9.17) is 0 Å². The lowest BCUT2D eigenvalue weighted by molar-refractivity contribution is 0.607. The zero-order chi connectivity index (χ0) is 17.8. The molecular formula is C19H22FN5. The van der Waals surface area contributed by atoms with Crippen LogP contribution in [0, 0.1) is 12.7 Å². The molecule has 25 heavy (non-hydrogen) atoms. The molecule has 0 amide bonds. The van der Waals surface area contributed by atoms with Crippen LogP contribution in [0.2, 0.25) is 0 Å². The third-order valence-electron chi connectivity index (χ3n) is 4.12. The highest BCUT2D eigenvalue weighted by Gasteiger charge is 2.10. The van der Waals surface area contributed by atoms with Crippen LogP contribution in [0.5, 0.6) is 0 Å². The molecule has 2 aromatic heterocycles. The van der Waals surface area contributed by atoms with Gasteiger partial charge in [-0.2, -0.15) is 0 Å². The first-order valence-corrected chi connectivity index (χ1v) is 8.22. The van der Waals surface area contributed by atoms with E-state index in [0.717, 1.165) is 16.9 Å². The first-order valence-electron chi connectivity index (χ1n) is 8.22. The molecule has 1 aromatic carbocycles. The van der Waals surface area contributed by atoms with Gasteiger partial charge in [0.05, 0.1) is 18.3 Å². The molecule has 1 atom stereocenters. The monoisotopic (exact) mass is 339 g/mol. The van der Waals surface area contributed by atoms with Crippen molar-refractivity contribution in [2.75, 3.05) is 7.05 Å². The molecule has 5 nitrogen and oxygen atoms in total. The van der Waals surface area contributed by atoms with Crippen LogP contribution in [0.15, 0.2) is 53.8 Å². The topological polar surface area (TPSA) is 53.7 Å². The standard InChI is InChI=1S/C19H22FN5/c1-13-7-8-15(10-17(13)20)14(2)23-19(21-3)22-11-16-12-25-9-5-4-6-18(25)24-16/h4-10,12,14H,11H2,1-3H3,(H2,21,22,23). The molecule has 130 valence electrons. The van der Waals surface area contributed by atoms with Crippen molar-refractivity contribution in [2.45, 2.75) is 26.4 Å². The van der Waals surface area contributed by atoms with E-state index in [9.17, 15) is 4.39 Å². The number of aromatic nitrogens is 2. The molecule has 0 bridgehead atoms. The Hall–Kier alpha value is -2.89. The van der Waals surface area contributed by atoms with E-state index >= 15 is 0 Å². The lowest BCUT2D eigenvalue weighted by atomic mass is 10.1. The predicted octanol–water partition coefficient (Wildman–Crippen LogP) is 3.21. The van der Waals surface area contributed by atoms with Crippen molar-refractivity contribution in [1.29, 1.82) is 0 Å². The minimum atomic E-state index is -0.196. The van der Waals surface area contributed by atoms with Gasteiger partial charge in [-0.3, -0.25) is 4.99 Å². The van der Waals surface area contributed by atoms with Crippen LogP contribution in [-0.2, 0) is 6.54 Å². The van der Waals surface area contributed by atoms with Crippen LogP contribution in [0.4, 0.5) is 4.39 Å². The Bertz CT molecular complexity index is 867. The van der Waals surface area contributed by atoms with Crippen molar-refractivity contribution in [3.8, 4) is 0 Å². The summed E-state index contributed by atoms with van der Waals surface area (Å²) in [7, 11) is 1.71. The number of guanidine groups is 1. The van der Waals surface area contributed by atoms with Gasteiger partial charge in [0, 0.05) is 19.4 Å². The van der Waals surface area contributed by atoms with E-state index in [0.29, 0.717) is 18.1 Å². The maximum atomic E-state index is 13.7. The number of nitrogens with zero attached hydrogens (tertiary/aromatic N) is 3. The number of pyridine rings is 1. The summed E-state index contributed by atoms with van der Waals surface area (Å²) in [6, 6.07) is 11.1. The molecule has 0 spiro atoms. The molecule has 0 aliphatic heterocycles. The molecule has 2 N–H and O–H groups in total. The zero-order valence-electron chi connectivity index (χ0n) is 14.6. The van der Waals surface area contributed by atoms with Crippen molar-refractivity contribution in [3.63, 3.8) is 0 Å². The van der Waals surface area contributed by atoms with Crippen molar-refractivity contribution >= 4 is 11.6 Å². The molecule has 3 rings (SSSR count). The second kappa shape index (κ2) is 7.34. The quantitative estimate of drug-likeness (QED) is 0.567. The average molecular weight is 339 g/mol. The van der Waals surface area contributed by atoms with Gasteiger partial charge in [-0.25, -0.2) is 9.37 Å². The summed E-state index contributed by atoms with van der Waals surface area (Å²) in [5, 5.41) is 6.51. The smallest absolute Gasteiger partial charge is 0.191 e. The molecular weight excluding hydrogens is 317 g/mol. The summed E-state index contributed by atoms with van der Waals surface area (Å²) in [5.74, 6) is 0.448. The summed E-state index contributed by atoms with van der Waals surface area (Å²) >= 11 is 0. The summed E-state index contributed by atoms with van der Waals surface area (Å²) < 4.78 is 15.7. The number of aliphatic imine (C=N–C) groups is 1. The normalized spacial score (nSPS) is 13.0. The van der Waals surface area contributed by atoms with Gasteiger partial charge in [-0.15, -0.1) is 0 Å². The molecule has 2 heterocycles. The van der Waals surface area contributed by atoms with E-state index < -0.39 is 0 Å². The lowest BCUT2D eigenvalue weighted by Gasteiger charge is -2.18. The van der Waals surface area contributed by atoms with Gasteiger partial charge in [0.1, 0.15) is 11.5 Å². The first-order chi connectivity index (χ1) is 12.1. The molecule has 0 radical (unpaired) electrons. The first kappa shape index (κ1) is 17.0. The van der Waals surface area contributed by atoms with E-state index in [1.807, 2.05) is 48.0 Å². The van der Waals surface area contributed by atoms with E-state index in [1.165, 1.54) is 0 Å². The van der Waals surface area contributed by atoms with Gasteiger partial charge < -0.3 is 15.0 Å². The van der Waals surface area contributed by atoms with Gasteiger partial charge in [0.25, 0.3) is 0 Å². The van der Waals surface area contributed by atoms with E-state index in [1.54, 1.807) is 26.1 Å². The van der Waals surface area contributed by atoms with Crippen molar-refractivity contribution in [2.24, 2.45) is 4.99 Å². The van der Waals surface area contributed by atoms with Gasteiger partial charge in [-0.1, -0.05) is 18.2 Å². The van der Waals surface area contributed by atoms with E-state index in [-0.39, 0.29) is 11.9 Å². The van der Waals surface area contributed by atoms with Crippen LogP contribution >= 0.6 is 0 Å². The fourth-order valence-corrected chi connectivity index (χ4v) is 2.61. The maximum Gasteiger partial charge on any atom is 0.191 e. The maximum absolute atomic E-state index is 13.7. The summed E-state index contributed by atoms with van der Waals surface area (Å²) in [6.07, 6.45) is 3.95. The number of hydrogen-bond acceptors (Lipinski definition) is 2. The molecule has 0 saturated carbocycles. The van der Waals surface area contributed by atoms with Gasteiger partial charge in [0.2, 0.25) is 0 Å². The Morgan fingerprint density at radius 3 is 2.88 bits per heavy atom. The average Bonchev–Trinajstić information content (AvgIpc) is 3.03. The lowest BCUT2D eigenvalue weighted by Crippen LogP contribution is -2.38. The Morgan fingerprint density at radius 2 is 2.16 bits per heavy atom. The van der Waals surface area contributed by atoms with E-state index in [2.05, 4.69) is 20.6 Å². The van der Waals surface area contributed by atoms with Crippen LogP contribution in [-0.4, -0.2) is 22.4 Å². The Balaban J connectivity index is 1.63. The zero-order valence-corrected chi connectivity index (χ0v) is 14.6. The Morgan fingerprint density at radius 1 is 1.32 bits per heavy atom. The SMILES string of the molecule is CN=C(NCc1cn2ccccc2n1)NC(C)c1ccc(C)c(F)c1. The second-order valence-corrected chi connectivity index (χ2v) is 6.00. The number of halogens is 1. The summed E-state index contributed by atoms with van der Waals surface area (Å²) in [5.41, 5.74) is 3.35. The van der Waals surface area contributed by atoms with Crippen molar-refractivity contribution in [1.82, 2.24) is 20.0 Å². The number of fused-ring (bicyclic) bond motifs is 1. The van der Waals surface area contributed by atoms with Gasteiger partial charge >= 0.3 is 0 Å². The van der Waals surface area contributed by atoms with Crippen LogP contribution in [0.25, 0.3) is 5.65 Å². The molecule has 6 heteroatoms. The number of benzene rings is 1. The highest BCUT2D eigenvalue weighted by molar-refractivity contribution is 5.80.